The minimum Gasteiger partial charge on any atom is -0.274 e. The van der Waals surface area contributed by atoms with Gasteiger partial charge in [0.2, 0.25) is 0 Å². The maximum atomic E-state index is 12.1. The molecule has 0 saturated heterocycles. The zero-order chi connectivity index (χ0) is 10.9. The fourth-order valence-electron chi connectivity index (χ4n) is 0.738. The van der Waals surface area contributed by atoms with E-state index < -0.39 is 17.0 Å². The third-order valence-corrected chi connectivity index (χ3v) is 2.36. The van der Waals surface area contributed by atoms with Crippen LogP contribution in [0, 0.1) is 3.57 Å². The number of nitrogens with zero attached hydrogens (tertiary/aromatic N) is 1. The smallest absolute Gasteiger partial charge is 0.274 e. The van der Waals surface area contributed by atoms with Crippen LogP contribution in [0.5, 0.6) is 0 Å². The van der Waals surface area contributed by atoms with Crippen molar-refractivity contribution in [2.75, 3.05) is 0 Å². The van der Waals surface area contributed by atoms with E-state index in [-0.39, 0.29) is 9.26 Å². The summed E-state index contributed by atoms with van der Waals surface area (Å²) in [6.45, 7) is 0. The van der Waals surface area contributed by atoms with Crippen LogP contribution >= 0.6 is 34.2 Å². The molecule has 0 aliphatic carbocycles. The number of hydrogen-bond acceptors (Lipinski definition) is 2. The lowest BCUT2D eigenvalue weighted by Gasteiger charge is -2.06. The highest BCUT2D eigenvalue weighted by atomic mass is 127. The largest absolute Gasteiger partial charge is 0.417 e. The topological polar surface area (TPSA) is 30.0 Å². The molecule has 0 unspecified atom stereocenters. The molecular weight excluding hydrogens is 333 g/mol. The first-order valence-electron chi connectivity index (χ1n) is 3.25. The van der Waals surface area contributed by atoms with Crippen LogP contribution < -0.4 is 0 Å². The Labute approximate surface area is 95.6 Å². The Kier molecular flexibility index (Phi) is 3.36. The Balaban J connectivity index is 3.20. The van der Waals surface area contributed by atoms with Crippen LogP contribution in [0.2, 0.25) is 0 Å². The number of alkyl halides is 3. The molecule has 0 radical (unpaired) electrons. The highest BCUT2D eigenvalue weighted by molar-refractivity contribution is 14.1. The summed E-state index contributed by atoms with van der Waals surface area (Å²) in [7, 11) is 0. The van der Waals surface area contributed by atoms with E-state index in [4.69, 9.17) is 11.6 Å². The highest BCUT2D eigenvalue weighted by Gasteiger charge is 2.31. The summed E-state index contributed by atoms with van der Waals surface area (Å²) in [5, 5.41) is -0.872. The van der Waals surface area contributed by atoms with Crippen LogP contribution in [0.4, 0.5) is 13.2 Å². The van der Waals surface area contributed by atoms with Gasteiger partial charge in [0, 0.05) is 9.77 Å². The first kappa shape index (κ1) is 11.7. The van der Waals surface area contributed by atoms with E-state index in [0.717, 1.165) is 6.07 Å². The van der Waals surface area contributed by atoms with Gasteiger partial charge in [-0.25, -0.2) is 0 Å². The number of aromatic nitrogens is 1. The van der Waals surface area contributed by atoms with Crippen molar-refractivity contribution in [1.82, 2.24) is 4.98 Å². The third kappa shape index (κ3) is 2.57. The molecule has 2 nitrogen and oxygen atoms in total. The van der Waals surface area contributed by atoms with Gasteiger partial charge in [0.1, 0.15) is 5.69 Å². The maximum Gasteiger partial charge on any atom is 0.417 e. The molecule has 0 spiro atoms. The van der Waals surface area contributed by atoms with Gasteiger partial charge in [-0.05, 0) is 40.3 Å². The summed E-state index contributed by atoms with van der Waals surface area (Å²) in [5.41, 5.74) is -1.07. The number of carbonyl (C=O) groups excluding carboxylic acids is 1. The summed E-state index contributed by atoms with van der Waals surface area (Å²) in [5.74, 6) is 0. The molecule has 1 heterocycles. The fraction of sp³-hybridized carbons (Fsp3) is 0.143. The van der Waals surface area contributed by atoms with E-state index in [1.807, 2.05) is 0 Å². The second-order valence-corrected chi connectivity index (χ2v) is 3.83. The van der Waals surface area contributed by atoms with Gasteiger partial charge in [-0.2, -0.15) is 13.2 Å². The lowest BCUT2D eigenvalue weighted by molar-refractivity contribution is -0.137. The Morgan fingerprint density at radius 1 is 1.50 bits per heavy atom. The standard InChI is InChI=1S/C7H2ClF3INO/c8-6(14)5-4(12)1-3(2-13-5)7(9,10)11/h1-2H. The Hall–Kier alpha value is -0.370. The van der Waals surface area contributed by atoms with Crippen molar-refractivity contribution in [2.45, 2.75) is 6.18 Å². The lowest BCUT2D eigenvalue weighted by atomic mass is 10.2. The summed E-state index contributed by atoms with van der Waals surface area (Å²) < 4.78 is 36.5. The van der Waals surface area contributed by atoms with E-state index >= 15 is 0 Å². The molecule has 0 aromatic carbocycles. The van der Waals surface area contributed by atoms with Crippen molar-refractivity contribution in [2.24, 2.45) is 0 Å². The number of pyridine rings is 1. The number of hydrogen-bond donors (Lipinski definition) is 0. The summed E-state index contributed by atoms with van der Waals surface area (Å²) in [6.07, 6.45) is -3.88. The quantitative estimate of drug-likeness (QED) is 0.583. The maximum absolute atomic E-state index is 12.1. The lowest BCUT2D eigenvalue weighted by Crippen LogP contribution is -2.08. The van der Waals surface area contributed by atoms with Gasteiger partial charge in [-0.15, -0.1) is 0 Å². The van der Waals surface area contributed by atoms with Crippen LogP contribution in [0.25, 0.3) is 0 Å². The van der Waals surface area contributed by atoms with Gasteiger partial charge < -0.3 is 0 Å². The van der Waals surface area contributed by atoms with Gasteiger partial charge >= 0.3 is 6.18 Å². The average Bonchev–Trinajstić information content (AvgIpc) is 2.01. The SMILES string of the molecule is O=C(Cl)c1ncc(C(F)(F)F)cc1I. The zero-order valence-corrected chi connectivity index (χ0v) is 9.31. The molecule has 0 saturated carbocycles. The molecule has 1 aromatic heterocycles. The van der Waals surface area contributed by atoms with E-state index in [9.17, 15) is 18.0 Å². The molecule has 0 bridgehead atoms. The molecular formula is C7H2ClF3INO. The Morgan fingerprint density at radius 2 is 2.07 bits per heavy atom. The monoisotopic (exact) mass is 335 g/mol. The van der Waals surface area contributed by atoms with E-state index in [1.54, 1.807) is 22.6 Å². The molecule has 0 N–H and O–H groups in total. The summed E-state index contributed by atoms with van der Waals surface area (Å²) in [6, 6.07) is 0.823. The van der Waals surface area contributed by atoms with Crippen molar-refractivity contribution in [3.05, 3.63) is 27.1 Å². The molecule has 76 valence electrons. The predicted octanol–water partition coefficient (Wildman–Crippen LogP) is 3.08. The van der Waals surface area contributed by atoms with Crippen molar-refractivity contribution in [1.29, 1.82) is 0 Å². The van der Waals surface area contributed by atoms with Gasteiger partial charge in [-0.1, -0.05) is 0 Å². The van der Waals surface area contributed by atoms with Gasteiger partial charge in [-0.3, -0.25) is 9.78 Å². The average molecular weight is 335 g/mol. The minimum absolute atomic E-state index is 0.0809. The Bertz CT molecular complexity index is 380. The number of rotatable bonds is 1. The molecule has 0 atom stereocenters. The van der Waals surface area contributed by atoms with Crippen molar-refractivity contribution in [3.8, 4) is 0 Å². The molecule has 7 heteroatoms. The molecule has 0 aliphatic rings. The number of halogens is 5. The first-order chi connectivity index (χ1) is 6.32. The zero-order valence-electron chi connectivity index (χ0n) is 6.40. The van der Waals surface area contributed by atoms with Gasteiger partial charge in [0.05, 0.1) is 5.56 Å². The second-order valence-electron chi connectivity index (χ2n) is 2.33. The molecule has 0 aliphatic heterocycles. The van der Waals surface area contributed by atoms with E-state index in [1.165, 1.54) is 0 Å². The van der Waals surface area contributed by atoms with Crippen molar-refractivity contribution >= 4 is 39.4 Å². The predicted molar refractivity (Wildman–Crippen MR) is 52.1 cm³/mol. The van der Waals surface area contributed by atoms with Crippen molar-refractivity contribution in [3.63, 3.8) is 0 Å². The first-order valence-corrected chi connectivity index (χ1v) is 4.70. The molecule has 0 amide bonds. The van der Waals surface area contributed by atoms with Gasteiger partial charge in [0.15, 0.2) is 0 Å². The Morgan fingerprint density at radius 3 is 2.43 bits per heavy atom. The minimum atomic E-state index is -4.46. The number of carbonyl (C=O) groups is 1. The highest BCUT2D eigenvalue weighted by Crippen LogP contribution is 2.30. The van der Waals surface area contributed by atoms with Crippen LogP contribution in [-0.2, 0) is 6.18 Å². The molecule has 1 aromatic rings. The van der Waals surface area contributed by atoms with Crippen LogP contribution in [0.3, 0.4) is 0 Å². The normalized spacial score (nSPS) is 11.5. The van der Waals surface area contributed by atoms with Crippen molar-refractivity contribution < 1.29 is 18.0 Å². The fourth-order valence-corrected chi connectivity index (χ4v) is 1.77. The van der Waals surface area contributed by atoms with Crippen LogP contribution in [-0.4, -0.2) is 10.2 Å². The molecule has 0 fully saturated rings. The molecule has 1 rings (SSSR count). The van der Waals surface area contributed by atoms with Gasteiger partial charge in [0.25, 0.3) is 5.24 Å². The second kappa shape index (κ2) is 4.01. The van der Waals surface area contributed by atoms with E-state index in [2.05, 4.69) is 4.98 Å². The van der Waals surface area contributed by atoms with E-state index in [0.29, 0.717) is 6.20 Å². The van der Waals surface area contributed by atoms with Crippen LogP contribution in [0.15, 0.2) is 12.3 Å². The third-order valence-electron chi connectivity index (χ3n) is 1.35. The molecule has 14 heavy (non-hydrogen) atoms. The summed E-state index contributed by atoms with van der Waals surface area (Å²) >= 11 is 6.66. The summed E-state index contributed by atoms with van der Waals surface area (Å²) in [4.78, 5) is 14.0. The van der Waals surface area contributed by atoms with Crippen LogP contribution in [0.1, 0.15) is 16.1 Å².